The van der Waals surface area contributed by atoms with Crippen molar-refractivity contribution >= 4 is 22.7 Å². The molecule has 18 heavy (non-hydrogen) atoms. The Morgan fingerprint density at radius 2 is 2.06 bits per heavy atom. The molecule has 0 radical (unpaired) electrons. The number of aromatic amines is 1. The number of benzene rings is 1. The monoisotopic (exact) mass is 246 g/mol. The van der Waals surface area contributed by atoms with Gasteiger partial charge in [-0.3, -0.25) is 14.7 Å². The molecule has 2 aromatic rings. The average Bonchev–Trinajstić information content (AvgIpc) is 2.79. The van der Waals surface area contributed by atoms with Crippen molar-refractivity contribution in [2.45, 2.75) is 0 Å². The highest BCUT2D eigenvalue weighted by atomic mass is 16.2. The number of likely N-dealkylation sites (N-methyl/N-ethyl adjacent to an activating group) is 1. The topological polar surface area (TPSA) is 78.1 Å². The van der Waals surface area contributed by atoms with Crippen LogP contribution >= 0.6 is 0 Å². The highest BCUT2D eigenvalue weighted by Crippen LogP contribution is 2.14. The number of hydrogen-bond acceptors (Lipinski definition) is 3. The molecule has 1 aromatic heterocycles. The van der Waals surface area contributed by atoms with Crippen molar-refractivity contribution in [1.82, 2.24) is 20.4 Å². The molecule has 0 aliphatic carbocycles. The average molecular weight is 246 g/mol. The smallest absolute Gasteiger partial charge is 0.272 e. The summed E-state index contributed by atoms with van der Waals surface area (Å²) in [5, 5.41) is 10.0. The first-order valence-corrected chi connectivity index (χ1v) is 5.51. The first-order chi connectivity index (χ1) is 8.59. The Hall–Kier alpha value is -2.37. The lowest BCUT2D eigenvalue weighted by Crippen LogP contribution is -2.36. The van der Waals surface area contributed by atoms with Crippen LogP contribution in [0, 0.1) is 0 Å². The number of rotatable bonds is 3. The second-order valence-corrected chi connectivity index (χ2v) is 4.09. The van der Waals surface area contributed by atoms with Gasteiger partial charge in [0.2, 0.25) is 5.91 Å². The van der Waals surface area contributed by atoms with Gasteiger partial charge in [0.15, 0.2) is 5.69 Å². The van der Waals surface area contributed by atoms with Crippen LogP contribution in [0.2, 0.25) is 0 Å². The zero-order chi connectivity index (χ0) is 13.1. The van der Waals surface area contributed by atoms with Crippen LogP contribution in [0.1, 0.15) is 10.5 Å². The number of para-hydroxylation sites is 1. The second-order valence-electron chi connectivity index (χ2n) is 4.09. The Labute approximate surface area is 104 Å². The Kier molecular flexibility index (Phi) is 3.27. The number of carbonyl (C=O) groups excluding carboxylic acids is 2. The summed E-state index contributed by atoms with van der Waals surface area (Å²) in [7, 11) is 3.27. The van der Waals surface area contributed by atoms with Gasteiger partial charge in [0.1, 0.15) is 0 Å². The van der Waals surface area contributed by atoms with Gasteiger partial charge in [0.05, 0.1) is 12.1 Å². The SMILES string of the molecule is CN(C)C(=O)CNC(=O)c1n[nH]c2ccccc12. The Bertz CT molecular complexity index is 589. The van der Waals surface area contributed by atoms with E-state index >= 15 is 0 Å². The number of H-pyrrole nitrogens is 1. The van der Waals surface area contributed by atoms with E-state index in [-0.39, 0.29) is 18.4 Å². The van der Waals surface area contributed by atoms with E-state index in [0.717, 1.165) is 10.9 Å². The molecule has 1 aromatic carbocycles. The molecule has 0 aliphatic rings. The normalized spacial score (nSPS) is 10.3. The third kappa shape index (κ3) is 2.32. The molecule has 0 bridgehead atoms. The second kappa shape index (κ2) is 4.87. The Balaban J connectivity index is 2.12. The lowest BCUT2D eigenvalue weighted by molar-refractivity contribution is -0.127. The third-order valence-electron chi connectivity index (χ3n) is 2.58. The van der Waals surface area contributed by atoms with Crippen LogP contribution in [0.4, 0.5) is 0 Å². The molecule has 1 heterocycles. The van der Waals surface area contributed by atoms with E-state index in [2.05, 4.69) is 15.5 Å². The summed E-state index contributed by atoms with van der Waals surface area (Å²) in [5.41, 5.74) is 1.10. The number of hydrogen-bond donors (Lipinski definition) is 2. The van der Waals surface area contributed by atoms with Crippen molar-refractivity contribution in [1.29, 1.82) is 0 Å². The molecular formula is C12H14N4O2. The first-order valence-electron chi connectivity index (χ1n) is 5.51. The van der Waals surface area contributed by atoms with Gasteiger partial charge in [0, 0.05) is 19.5 Å². The molecule has 6 heteroatoms. The third-order valence-corrected chi connectivity index (χ3v) is 2.58. The molecule has 2 rings (SSSR count). The molecule has 2 N–H and O–H groups in total. The maximum Gasteiger partial charge on any atom is 0.272 e. The van der Waals surface area contributed by atoms with Gasteiger partial charge in [-0.05, 0) is 6.07 Å². The summed E-state index contributed by atoms with van der Waals surface area (Å²) in [5.74, 6) is -0.522. The number of carbonyl (C=O) groups is 2. The van der Waals surface area contributed by atoms with Crippen LogP contribution in [-0.4, -0.2) is 47.6 Å². The van der Waals surface area contributed by atoms with Gasteiger partial charge in [0.25, 0.3) is 5.91 Å². The summed E-state index contributed by atoms with van der Waals surface area (Å²) in [6, 6.07) is 7.34. The number of aromatic nitrogens is 2. The molecule has 6 nitrogen and oxygen atoms in total. The molecule has 0 spiro atoms. The van der Waals surface area contributed by atoms with Crippen molar-refractivity contribution in [2.24, 2.45) is 0 Å². The molecule has 0 saturated carbocycles. The molecule has 0 atom stereocenters. The lowest BCUT2D eigenvalue weighted by atomic mass is 10.2. The standard InChI is InChI=1S/C12H14N4O2/c1-16(2)10(17)7-13-12(18)11-8-5-3-4-6-9(8)14-15-11/h3-6H,7H2,1-2H3,(H,13,18)(H,14,15). The van der Waals surface area contributed by atoms with Crippen LogP contribution < -0.4 is 5.32 Å². The van der Waals surface area contributed by atoms with Gasteiger partial charge in [-0.15, -0.1) is 0 Å². The van der Waals surface area contributed by atoms with Crippen LogP contribution in [0.3, 0.4) is 0 Å². The zero-order valence-corrected chi connectivity index (χ0v) is 10.2. The van der Waals surface area contributed by atoms with E-state index in [4.69, 9.17) is 0 Å². The lowest BCUT2D eigenvalue weighted by Gasteiger charge is -2.10. The summed E-state index contributed by atoms with van der Waals surface area (Å²) >= 11 is 0. The summed E-state index contributed by atoms with van der Waals surface area (Å²) in [4.78, 5) is 24.7. The largest absolute Gasteiger partial charge is 0.347 e. The van der Waals surface area contributed by atoms with Crippen molar-refractivity contribution < 1.29 is 9.59 Å². The number of nitrogens with zero attached hydrogens (tertiary/aromatic N) is 2. The molecule has 2 amide bonds. The Morgan fingerprint density at radius 1 is 1.33 bits per heavy atom. The van der Waals surface area contributed by atoms with Gasteiger partial charge in [-0.2, -0.15) is 5.10 Å². The summed E-state index contributed by atoms with van der Waals surface area (Å²) < 4.78 is 0. The van der Waals surface area contributed by atoms with Crippen LogP contribution in [0.25, 0.3) is 10.9 Å². The molecule has 0 unspecified atom stereocenters. The van der Waals surface area contributed by atoms with E-state index < -0.39 is 0 Å². The van der Waals surface area contributed by atoms with Gasteiger partial charge in [-0.25, -0.2) is 0 Å². The van der Waals surface area contributed by atoms with Crippen LogP contribution in [0.5, 0.6) is 0 Å². The fourth-order valence-electron chi connectivity index (χ4n) is 1.53. The predicted molar refractivity (Wildman–Crippen MR) is 67.1 cm³/mol. The quantitative estimate of drug-likeness (QED) is 0.822. The maximum atomic E-state index is 11.9. The molecule has 94 valence electrons. The van der Waals surface area contributed by atoms with E-state index in [1.165, 1.54) is 4.90 Å². The van der Waals surface area contributed by atoms with Gasteiger partial charge in [-0.1, -0.05) is 18.2 Å². The van der Waals surface area contributed by atoms with Crippen molar-refractivity contribution in [3.8, 4) is 0 Å². The minimum atomic E-state index is -0.359. The molecule has 0 aliphatic heterocycles. The zero-order valence-electron chi connectivity index (χ0n) is 10.2. The minimum absolute atomic E-state index is 0.0347. The highest BCUT2D eigenvalue weighted by molar-refractivity contribution is 6.05. The Morgan fingerprint density at radius 3 is 2.78 bits per heavy atom. The maximum absolute atomic E-state index is 11.9. The van der Waals surface area contributed by atoms with Crippen molar-refractivity contribution in [3.05, 3.63) is 30.0 Å². The first kappa shape index (κ1) is 12.1. The van der Waals surface area contributed by atoms with E-state index in [9.17, 15) is 9.59 Å². The van der Waals surface area contributed by atoms with Crippen LogP contribution in [0.15, 0.2) is 24.3 Å². The van der Waals surface area contributed by atoms with Gasteiger partial charge < -0.3 is 10.2 Å². The molecular weight excluding hydrogens is 232 g/mol. The van der Waals surface area contributed by atoms with E-state index in [1.807, 2.05) is 24.3 Å². The van der Waals surface area contributed by atoms with E-state index in [1.54, 1.807) is 14.1 Å². The predicted octanol–water partition coefficient (Wildman–Crippen LogP) is 0.381. The molecule has 0 fully saturated rings. The summed E-state index contributed by atoms with van der Waals surface area (Å²) in [6.45, 7) is -0.0347. The van der Waals surface area contributed by atoms with Crippen molar-refractivity contribution in [2.75, 3.05) is 20.6 Å². The molecule has 0 saturated heterocycles. The minimum Gasteiger partial charge on any atom is -0.347 e. The van der Waals surface area contributed by atoms with Crippen LogP contribution in [-0.2, 0) is 4.79 Å². The van der Waals surface area contributed by atoms with E-state index in [0.29, 0.717) is 5.69 Å². The van der Waals surface area contributed by atoms with Gasteiger partial charge >= 0.3 is 0 Å². The number of amides is 2. The summed E-state index contributed by atoms with van der Waals surface area (Å²) in [6.07, 6.45) is 0. The highest BCUT2D eigenvalue weighted by Gasteiger charge is 2.14. The fourth-order valence-corrected chi connectivity index (χ4v) is 1.53. The number of nitrogens with one attached hydrogen (secondary N) is 2. The fraction of sp³-hybridized carbons (Fsp3) is 0.250. The number of fused-ring (bicyclic) bond motifs is 1. The van der Waals surface area contributed by atoms with Crippen molar-refractivity contribution in [3.63, 3.8) is 0 Å².